The van der Waals surface area contributed by atoms with Gasteiger partial charge in [0.25, 0.3) is 0 Å². The molecule has 0 saturated heterocycles. The molecule has 0 aliphatic heterocycles. The van der Waals surface area contributed by atoms with Crippen molar-refractivity contribution in [3.05, 3.63) is 70.8 Å². The monoisotopic (exact) mass is 360 g/mol. The van der Waals surface area contributed by atoms with Crippen LogP contribution in [0.25, 0.3) is 0 Å². The first-order chi connectivity index (χ1) is 13.4. The molecule has 2 aromatic rings. The number of benzene rings is 2. The van der Waals surface area contributed by atoms with E-state index < -0.39 is 0 Å². The van der Waals surface area contributed by atoms with Crippen molar-refractivity contribution in [3.8, 4) is 11.8 Å². The molecule has 0 bridgehead atoms. The van der Waals surface area contributed by atoms with Crippen LogP contribution in [0, 0.1) is 11.8 Å². The largest absolute Gasteiger partial charge is 0.352 e. The van der Waals surface area contributed by atoms with Crippen LogP contribution in [0.15, 0.2) is 48.5 Å². The molecule has 0 heterocycles. The van der Waals surface area contributed by atoms with Crippen LogP contribution in [-0.2, 0) is 22.3 Å². The predicted octanol–water partition coefficient (Wildman–Crippen LogP) is 5.27. The van der Waals surface area contributed by atoms with Crippen LogP contribution in [0.3, 0.4) is 0 Å². The minimum absolute atomic E-state index is 0.280. The zero-order valence-corrected chi connectivity index (χ0v) is 16.0. The molecule has 2 nitrogen and oxygen atoms in total. The summed E-state index contributed by atoms with van der Waals surface area (Å²) in [5.74, 6) is 6.54. The summed E-state index contributed by atoms with van der Waals surface area (Å²) in [6, 6.07) is 16.8. The van der Waals surface area contributed by atoms with E-state index in [1.165, 1.54) is 43.2 Å². The molecule has 1 saturated carbocycles. The molecule has 0 radical (unpaired) electrons. The van der Waals surface area contributed by atoms with Crippen molar-refractivity contribution in [2.45, 2.75) is 63.6 Å². The van der Waals surface area contributed by atoms with E-state index in [1.807, 2.05) is 30.3 Å². The second-order valence-electron chi connectivity index (χ2n) is 7.68. The lowest BCUT2D eigenvalue weighted by atomic mass is 9.88. The van der Waals surface area contributed by atoms with Crippen molar-refractivity contribution in [2.75, 3.05) is 6.79 Å². The fourth-order valence-corrected chi connectivity index (χ4v) is 4.07. The molecule has 2 aromatic carbocycles. The highest BCUT2D eigenvalue weighted by Gasteiger charge is 2.20. The number of rotatable bonds is 4. The molecule has 1 unspecified atom stereocenters. The third-order valence-corrected chi connectivity index (χ3v) is 5.67. The predicted molar refractivity (Wildman–Crippen MR) is 109 cm³/mol. The molecule has 2 heteroatoms. The van der Waals surface area contributed by atoms with Gasteiger partial charge in [-0.3, -0.25) is 0 Å². The van der Waals surface area contributed by atoms with Crippen LogP contribution in [0.1, 0.15) is 60.8 Å². The average molecular weight is 360 g/mol. The van der Waals surface area contributed by atoms with Gasteiger partial charge in [-0.2, -0.15) is 0 Å². The summed E-state index contributed by atoms with van der Waals surface area (Å²) < 4.78 is 12.0. The van der Waals surface area contributed by atoms with Crippen molar-refractivity contribution in [1.29, 1.82) is 0 Å². The highest BCUT2D eigenvalue weighted by atomic mass is 16.7. The van der Waals surface area contributed by atoms with Crippen LogP contribution < -0.4 is 0 Å². The molecule has 0 spiro atoms. The second kappa shape index (κ2) is 9.22. The van der Waals surface area contributed by atoms with Crippen LogP contribution in [-0.4, -0.2) is 19.0 Å². The molecule has 0 N–H and O–H groups in total. The van der Waals surface area contributed by atoms with E-state index in [4.69, 9.17) is 9.47 Å². The summed E-state index contributed by atoms with van der Waals surface area (Å²) in [4.78, 5) is 0. The number of hydrogen-bond donors (Lipinski definition) is 0. The Kier molecular flexibility index (Phi) is 6.25. The van der Waals surface area contributed by atoms with E-state index in [0.717, 1.165) is 30.4 Å². The maximum absolute atomic E-state index is 6.03. The Balaban J connectivity index is 1.30. The van der Waals surface area contributed by atoms with Crippen LogP contribution in [0.4, 0.5) is 0 Å². The first-order valence-corrected chi connectivity index (χ1v) is 10.3. The topological polar surface area (TPSA) is 18.5 Å². The summed E-state index contributed by atoms with van der Waals surface area (Å²) in [6.45, 7) is 0.450. The lowest BCUT2D eigenvalue weighted by Crippen LogP contribution is -2.26. The summed E-state index contributed by atoms with van der Waals surface area (Å²) >= 11 is 0. The van der Waals surface area contributed by atoms with E-state index >= 15 is 0 Å². The molecule has 1 atom stereocenters. The van der Waals surface area contributed by atoms with Gasteiger partial charge in [-0.1, -0.05) is 55.4 Å². The fourth-order valence-electron chi connectivity index (χ4n) is 4.07. The van der Waals surface area contributed by atoms with Gasteiger partial charge in [0.2, 0.25) is 0 Å². The van der Waals surface area contributed by atoms with E-state index in [-0.39, 0.29) is 6.10 Å². The van der Waals surface area contributed by atoms with Gasteiger partial charge in [0, 0.05) is 11.1 Å². The summed E-state index contributed by atoms with van der Waals surface area (Å²) in [7, 11) is 0. The Morgan fingerprint density at radius 2 is 1.52 bits per heavy atom. The van der Waals surface area contributed by atoms with E-state index in [0.29, 0.717) is 12.9 Å². The quantitative estimate of drug-likeness (QED) is 0.546. The van der Waals surface area contributed by atoms with Crippen molar-refractivity contribution >= 4 is 0 Å². The van der Waals surface area contributed by atoms with Gasteiger partial charge in [-0.15, -0.1) is 0 Å². The van der Waals surface area contributed by atoms with Gasteiger partial charge in [-0.05, 0) is 67.5 Å². The van der Waals surface area contributed by atoms with Crippen molar-refractivity contribution in [1.82, 2.24) is 0 Å². The van der Waals surface area contributed by atoms with Gasteiger partial charge < -0.3 is 9.47 Å². The number of fused-ring (bicyclic) bond motifs is 1. The zero-order valence-electron chi connectivity index (χ0n) is 16.0. The molecule has 4 rings (SSSR count). The highest BCUT2D eigenvalue weighted by Crippen LogP contribution is 2.25. The van der Waals surface area contributed by atoms with Crippen LogP contribution in [0.2, 0.25) is 0 Å². The van der Waals surface area contributed by atoms with Crippen LogP contribution >= 0.6 is 0 Å². The summed E-state index contributed by atoms with van der Waals surface area (Å²) in [5, 5.41) is 0. The van der Waals surface area contributed by atoms with Crippen LogP contribution in [0.5, 0.6) is 0 Å². The first-order valence-electron chi connectivity index (χ1n) is 10.3. The first kappa shape index (κ1) is 18.3. The van der Waals surface area contributed by atoms with E-state index in [9.17, 15) is 0 Å². The Hall–Kier alpha value is -2.08. The molecule has 0 amide bonds. The van der Waals surface area contributed by atoms with Gasteiger partial charge in [-0.25, -0.2) is 0 Å². The fraction of sp³-hybridized carbons (Fsp3) is 0.440. The Morgan fingerprint density at radius 1 is 0.741 bits per heavy atom. The van der Waals surface area contributed by atoms with E-state index in [2.05, 4.69) is 30.0 Å². The Morgan fingerprint density at radius 3 is 2.37 bits per heavy atom. The normalized spacial score (nSPS) is 19.8. The smallest absolute Gasteiger partial charge is 0.147 e. The zero-order chi connectivity index (χ0) is 18.3. The molecule has 1 fully saturated rings. The van der Waals surface area contributed by atoms with Gasteiger partial charge in [0.05, 0.1) is 12.2 Å². The minimum atomic E-state index is 0.280. The van der Waals surface area contributed by atoms with Gasteiger partial charge in [0.1, 0.15) is 6.79 Å². The van der Waals surface area contributed by atoms with Gasteiger partial charge in [0.15, 0.2) is 0 Å². The Labute approximate surface area is 162 Å². The third-order valence-electron chi connectivity index (χ3n) is 5.67. The van der Waals surface area contributed by atoms with E-state index in [1.54, 1.807) is 0 Å². The lowest BCUT2D eigenvalue weighted by molar-refractivity contribution is -0.126. The summed E-state index contributed by atoms with van der Waals surface area (Å²) in [6.07, 6.45) is 10.2. The Bertz CT molecular complexity index is 794. The SMILES string of the molecule is C(#Cc1ccc2c(c1)CCC(OCOC1CCCCC1)C2)c1ccccc1. The minimum Gasteiger partial charge on any atom is -0.352 e. The molecular formula is C25H28O2. The molecule has 2 aliphatic carbocycles. The summed E-state index contributed by atoms with van der Waals surface area (Å²) in [5.41, 5.74) is 4.97. The lowest BCUT2D eigenvalue weighted by Gasteiger charge is -2.27. The number of hydrogen-bond acceptors (Lipinski definition) is 2. The van der Waals surface area contributed by atoms with Gasteiger partial charge >= 0.3 is 0 Å². The second-order valence-corrected chi connectivity index (χ2v) is 7.68. The number of ether oxygens (including phenoxy) is 2. The van der Waals surface area contributed by atoms with Crippen molar-refractivity contribution in [2.24, 2.45) is 0 Å². The molecular weight excluding hydrogens is 332 g/mol. The molecule has 27 heavy (non-hydrogen) atoms. The maximum atomic E-state index is 6.03. The van der Waals surface area contributed by atoms with Crippen molar-refractivity contribution in [3.63, 3.8) is 0 Å². The van der Waals surface area contributed by atoms with Crippen molar-refractivity contribution < 1.29 is 9.47 Å². The third kappa shape index (κ3) is 5.22. The maximum Gasteiger partial charge on any atom is 0.147 e. The average Bonchev–Trinajstić information content (AvgIpc) is 2.74. The number of aryl methyl sites for hydroxylation is 1. The molecule has 0 aromatic heterocycles. The highest BCUT2D eigenvalue weighted by molar-refractivity contribution is 5.46. The standard InChI is InChI=1S/C25H28O2/c1-3-7-20(8-4-1)11-12-21-13-14-23-18-25(16-15-22(23)17-21)27-19-26-24-9-5-2-6-10-24/h1,3-4,7-8,13-14,17,24-25H,2,5-6,9-10,15-16,18-19H2. The molecule has 2 aliphatic rings. The molecule has 140 valence electrons.